The highest BCUT2D eigenvalue weighted by Gasteiger charge is 2.24. The Kier molecular flexibility index (Phi) is 4.83. The maximum Gasteiger partial charge on any atom is 0.240 e. The summed E-state index contributed by atoms with van der Waals surface area (Å²) in [6.07, 6.45) is 4.13. The van der Waals surface area contributed by atoms with Crippen LogP contribution in [-0.4, -0.2) is 14.5 Å². The summed E-state index contributed by atoms with van der Waals surface area (Å²) in [6.45, 7) is 4.03. The summed E-state index contributed by atoms with van der Waals surface area (Å²) in [5.74, 6) is 0.590. The van der Waals surface area contributed by atoms with E-state index in [0.29, 0.717) is 10.8 Å². The average Bonchev–Trinajstić information content (AvgIpc) is 2.38. The molecule has 1 aliphatic carbocycles. The fraction of sp³-hybridized carbons (Fsp3) is 0.600. The van der Waals surface area contributed by atoms with Crippen molar-refractivity contribution in [2.45, 2.75) is 56.5 Å². The Labute approximate surface area is 121 Å². The largest absolute Gasteiger partial charge is 0.324 e. The molecule has 5 heteroatoms. The third-order valence-electron chi connectivity index (χ3n) is 3.95. The van der Waals surface area contributed by atoms with Gasteiger partial charge in [0.25, 0.3) is 0 Å². The van der Waals surface area contributed by atoms with E-state index in [9.17, 15) is 8.42 Å². The first kappa shape index (κ1) is 15.5. The molecule has 1 aromatic carbocycles. The molecule has 0 heterocycles. The number of rotatable bonds is 4. The van der Waals surface area contributed by atoms with Crippen molar-refractivity contribution in [1.29, 1.82) is 0 Å². The van der Waals surface area contributed by atoms with E-state index in [4.69, 9.17) is 5.73 Å². The van der Waals surface area contributed by atoms with Gasteiger partial charge >= 0.3 is 0 Å². The van der Waals surface area contributed by atoms with Crippen molar-refractivity contribution in [1.82, 2.24) is 4.72 Å². The number of benzene rings is 1. The Balaban J connectivity index is 2.15. The molecule has 1 aromatic rings. The fourth-order valence-corrected chi connectivity index (χ4v) is 4.13. The first-order valence-electron chi connectivity index (χ1n) is 7.26. The molecule has 1 aliphatic rings. The summed E-state index contributed by atoms with van der Waals surface area (Å²) in [6, 6.07) is 6.78. The van der Waals surface area contributed by atoms with Gasteiger partial charge in [-0.25, -0.2) is 13.1 Å². The number of nitrogens with two attached hydrogens (primary N) is 1. The summed E-state index contributed by atoms with van der Waals surface area (Å²) < 4.78 is 27.7. The number of hydrogen-bond donors (Lipinski definition) is 2. The van der Waals surface area contributed by atoms with Crippen LogP contribution >= 0.6 is 0 Å². The van der Waals surface area contributed by atoms with E-state index in [2.05, 4.69) is 11.6 Å². The average molecular weight is 296 g/mol. The third kappa shape index (κ3) is 3.81. The lowest BCUT2D eigenvalue weighted by Crippen LogP contribution is -2.37. The molecule has 20 heavy (non-hydrogen) atoms. The van der Waals surface area contributed by atoms with Crippen molar-refractivity contribution < 1.29 is 8.42 Å². The normalized spacial score (nSPS) is 25.4. The minimum Gasteiger partial charge on any atom is -0.324 e. The summed E-state index contributed by atoms with van der Waals surface area (Å²) >= 11 is 0. The summed E-state index contributed by atoms with van der Waals surface area (Å²) in [7, 11) is -3.44. The molecule has 3 atom stereocenters. The van der Waals surface area contributed by atoms with Crippen molar-refractivity contribution in [3.8, 4) is 0 Å². The topological polar surface area (TPSA) is 72.2 Å². The van der Waals surface area contributed by atoms with Crippen LogP contribution in [0, 0.1) is 5.92 Å². The van der Waals surface area contributed by atoms with E-state index in [1.54, 1.807) is 18.2 Å². The molecule has 112 valence electrons. The smallest absolute Gasteiger partial charge is 0.240 e. The maximum absolute atomic E-state index is 12.4. The Morgan fingerprint density at radius 2 is 2.10 bits per heavy atom. The van der Waals surface area contributed by atoms with Gasteiger partial charge in [-0.2, -0.15) is 0 Å². The van der Waals surface area contributed by atoms with Gasteiger partial charge in [-0.05, 0) is 43.4 Å². The highest BCUT2D eigenvalue weighted by molar-refractivity contribution is 7.89. The van der Waals surface area contributed by atoms with Gasteiger partial charge in [-0.3, -0.25) is 0 Å². The van der Waals surface area contributed by atoms with E-state index in [0.717, 1.165) is 24.8 Å². The molecule has 0 saturated heterocycles. The van der Waals surface area contributed by atoms with Crippen molar-refractivity contribution in [2.75, 3.05) is 0 Å². The van der Waals surface area contributed by atoms with Crippen LogP contribution in [0.3, 0.4) is 0 Å². The highest BCUT2D eigenvalue weighted by atomic mass is 32.2. The van der Waals surface area contributed by atoms with Crippen LogP contribution in [-0.2, 0) is 10.0 Å². The summed E-state index contributed by atoms with van der Waals surface area (Å²) in [5, 5.41) is 0. The van der Waals surface area contributed by atoms with Gasteiger partial charge in [-0.15, -0.1) is 0 Å². The summed E-state index contributed by atoms with van der Waals surface area (Å²) in [4.78, 5) is 0.311. The first-order valence-corrected chi connectivity index (χ1v) is 8.74. The van der Waals surface area contributed by atoms with Crippen molar-refractivity contribution in [3.05, 3.63) is 29.8 Å². The quantitative estimate of drug-likeness (QED) is 0.897. The van der Waals surface area contributed by atoms with Crippen LogP contribution in [0.25, 0.3) is 0 Å². The van der Waals surface area contributed by atoms with E-state index < -0.39 is 10.0 Å². The molecular weight excluding hydrogens is 272 g/mol. The van der Waals surface area contributed by atoms with Gasteiger partial charge < -0.3 is 5.73 Å². The first-order chi connectivity index (χ1) is 9.38. The predicted molar refractivity (Wildman–Crippen MR) is 80.8 cm³/mol. The predicted octanol–water partition coefficient (Wildman–Crippen LogP) is 2.56. The van der Waals surface area contributed by atoms with Crippen LogP contribution in [0.15, 0.2) is 29.2 Å². The van der Waals surface area contributed by atoms with E-state index in [1.165, 1.54) is 6.42 Å². The molecule has 2 rings (SSSR count). The van der Waals surface area contributed by atoms with Crippen LogP contribution in [0.5, 0.6) is 0 Å². The lowest BCUT2D eigenvalue weighted by molar-refractivity contribution is 0.327. The van der Waals surface area contributed by atoms with Gasteiger partial charge in [0, 0.05) is 12.1 Å². The van der Waals surface area contributed by atoms with Crippen molar-refractivity contribution in [2.24, 2.45) is 11.7 Å². The van der Waals surface area contributed by atoms with Crippen LogP contribution in [0.1, 0.15) is 51.1 Å². The highest BCUT2D eigenvalue weighted by Crippen LogP contribution is 2.25. The molecule has 0 amide bonds. The van der Waals surface area contributed by atoms with E-state index in [1.807, 2.05) is 13.0 Å². The fourth-order valence-electron chi connectivity index (χ4n) is 2.79. The number of hydrogen-bond acceptors (Lipinski definition) is 3. The zero-order chi connectivity index (χ0) is 14.8. The molecule has 0 bridgehead atoms. The lowest BCUT2D eigenvalue weighted by Gasteiger charge is -2.27. The van der Waals surface area contributed by atoms with E-state index in [-0.39, 0.29) is 12.1 Å². The molecule has 0 spiro atoms. The zero-order valence-electron chi connectivity index (χ0n) is 12.2. The Hall–Kier alpha value is -0.910. The number of nitrogens with one attached hydrogen (secondary N) is 1. The van der Waals surface area contributed by atoms with Crippen LogP contribution < -0.4 is 10.5 Å². The maximum atomic E-state index is 12.4. The minimum absolute atomic E-state index is 0.0581. The minimum atomic E-state index is -3.44. The molecular formula is C15H24N2O2S. The molecule has 1 fully saturated rings. The Morgan fingerprint density at radius 1 is 1.35 bits per heavy atom. The van der Waals surface area contributed by atoms with Gasteiger partial charge in [0.05, 0.1) is 4.90 Å². The second-order valence-corrected chi connectivity index (χ2v) is 7.67. The molecule has 1 saturated carbocycles. The Bertz CT molecular complexity index is 555. The molecule has 0 radical (unpaired) electrons. The standard InChI is InChI=1S/C15H24N2O2S/c1-11-5-3-7-14(9-11)17-20(18,19)15-8-4-6-13(10-15)12(2)16/h4,6,8,10-12,14,17H,3,5,7,9,16H2,1-2H3. The molecule has 3 unspecified atom stereocenters. The summed E-state index contributed by atoms with van der Waals surface area (Å²) in [5.41, 5.74) is 6.65. The monoisotopic (exact) mass is 296 g/mol. The zero-order valence-corrected chi connectivity index (χ0v) is 13.0. The van der Waals surface area contributed by atoms with Gasteiger partial charge in [-0.1, -0.05) is 31.9 Å². The molecule has 0 aromatic heterocycles. The van der Waals surface area contributed by atoms with Gasteiger partial charge in [0.2, 0.25) is 10.0 Å². The number of sulfonamides is 1. The van der Waals surface area contributed by atoms with Gasteiger partial charge in [0.1, 0.15) is 0 Å². The molecule has 0 aliphatic heterocycles. The molecule has 4 nitrogen and oxygen atoms in total. The second kappa shape index (κ2) is 6.24. The van der Waals surface area contributed by atoms with E-state index >= 15 is 0 Å². The van der Waals surface area contributed by atoms with Crippen molar-refractivity contribution >= 4 is 10.0 Å². The SMILES string of the molecule is CC1CCCC(NS(=O)(=O)c2cccc(C(C)N)c2)C1. The van der Waals surface area contributed by atoms with Crippen LogP contribution in [0.4, 0.5) is 0 Å². The van der Waals surface area contributed by atoms with Crippen molar-refractivity contribution in [3.63, 3.8) is 0 Å². The van der Waals surface area contributed by atoms with Crippen LogP contribution in [0.2, 0.25) is 0 Å². The van der Waals surface area contributed by atoms with Gasteiger partial charge in [0.15, 0.2) is 0 Å². The second-order valence-electron chi connectivity index (χ2n) is 5.95. The lowest BCUT2D eigenvalue weighted by atomic mass is 9.88. The Morgan fingerprint density at radius 3 is 2.75 bits per heavy atom. The molecule has 3 N–H and O–H groups in total. The third-order valence-corrected chi connectivity index (χ3v) is 5.47.